The molecule has 2 heterocycles. The summed E-state index contributed by atoms with van der Waals surface area (Å²) in [7, 11) is 0. The first-order valence-corrected chi connectivity index (χ1v) is 6.80. The standard InChI is InChI=1S/C15H10N2O2S/c18-14-13(20-15(19)17-14)9-10-4-6-11(7-5-10)12-3-1-2-8-16-12/h1-9H,(H,17,18,19). The molecule has 5 heteroatoms. The minimum absolute atomic E-state index is 0.327. The summed E-state index contributed by atoms with van der Waals surface area (Å²) in [5.41, 5.74) is 2.78. The van der Waals surface area contributed by atoms with Crippen LogP contribution in [0.15, 0.2) is 53.6 Å². The van der Waals surface area contributed by atoms with E-state index in [2.05, 4.69) is 10.3 Å². The van der Waals surface area contributed by atoms with Gasteiger partial charge in [0.25, 0.3) is 11.1 Å². The first-order chi connectivity index (χ1) is 9.72. The number of aromatic nitrogens is 1. The largest absolute Gasteiger partial charge is 0.290 e. The molecular weight excluding hydrogens is 272 g/mol. The van der Waals surface area contributed by atoms with E-state index in [4.69, 9.17) is 0 Å². The van der Waals surface area contributed by atoms with Crippen LogP contribution in [-0.2, 0) is 4.79 Å². The smallest absolute Gasteiger partial charge is 0.282 e. The Morgan fingerprint density at radius 1 is 1.05 bits per heavy atom. The van der Waals surface area contributed by atoms with Crippen LogP contribution < -0.4 is 5.32 Å². The topological polar surface area (TPSA) is 59.1 Å². The second-order valence-corrected chi connectivity index (χ2v) is 5.20. The van der Waals surface area contributed by atoms with Crippen LogP contribution in [0.5, 0.6) is 0 Å². The molecule has 0 aliphatic carbocycles. The van der Waals surface area contributed by atoms with Crippen molar-refractivity contribution in [1.29, 1.82) is 0 Å². The molecule has 98 valence electrons. The minimum atomic E-state index is -0.339. The number of pyridine rings is 1. The highest BCUT2D eigenvalue weighted by Crippen LogP contribution is 2.26. The molecule has 20 heavy (non-hydrogen) atoms. The van der Waals surface area contributed by atoms with E-state index in [0.717, 1.165) is 28.6 Å². The molecule has 0 saturated carbocycles. The summed E-state index contributed by atoms with van der Waals surface area (Å²) in [5.74, 6) is -0.339. The van der Waals surface area contributed by atoms with Crippen molar-refractivity contribution in [2.75, 3.05) is 0 Å². The van der Waals surface area contributed by atoms with Gasteiger partial charge in [0.1, 0.15) is 0 Å². The van der Waals surface area contributed by atoms with Crippen LogP contribution in [0.4, 0.5) is 4.79 Å². The maximum absolute atomic E-state index is 11.4. The summed E-state index contributed by atoms with van der Waals surface area (Å²) >= 11 is 0.918. The lowest BCUT2D eigenvalue weighted by atomic mass is 10.1. The highest BCUT2D eigenvalue weighted by atomic mass is 32.2. The Labute approximate surface area is 119 Å². The molecule has 0 atom stereocenters. The van der Waals surface area contributed by atoms with E-state index < -0.39 is 0 Å². The Morgan fingerprint density at radius 2 is 1.85 bits per heavy atom. The molecule has 1 saturated heterocycles. The highest BCUT2D eigenvalue weighted by Gasteiger charge is 2.24. The van der Waals surface area contributed by atoms with Crippen molar-refractivity contribution in [3.63, 3.8) is 0 Å². The Balaban J connectivity index is 1.86. The molecule has 4 nitrogen and oxygen atoms in total. The SMILES string of the molecule is O=C1NC(=O)C(=Cc2ccc(-c3ccccn3)cc2)S1. The average Bonchev–Trinajstić information content (AvgIpc) is 2.79. The Bertz CT molecular complexity index is 694. The first kappa shape index (κ1) is 12.6. The van der Waals surface area contributed by atoms with Gasteiger partial charge in [0, 0.05) is 11.8 Å². The maximum atomic E-state index is 11.4. The predicted octanol–water partition coefficient (Wildman–Crippen LogP) is 3.07. The van der Waals surface area contributed by atoms with Crippen molar-refractivity contribution in [3.05, 3.63) is 59.1 Å². The van der Waals surface area contributed by atoms with Crippen LogP contribution in [0.2, 0.25) is 0 Å². The molecule has 1 aromatic carbocycles. The Morgan fingerprint density at radius 3 is 2.45 bits per heavy atom. The molecular formula is C15H10N2O2S. The number of carbonyl (C=O) groups excluding carboxylic acids is 2. The van der Waals surface area contributed by atoms with E-state index in [0.29, 0.717) is 4.91 Å². The molecule has 1 aliphatic rings. The van der Waals surface area contributed by atoms with Crippen molar-refractivity contribution in [2.24, 2.45) is 0 Å². The van der Waals surface area contributed by atoms with E-state index in [1.807, 2.05) is 42.5 Å². The maximum Gasteiger partial charge on any atom is 0.290 e. The lowest BCUT2D eigenvalue weighted by Crippen LogP contribution is -2.17. The fourth-order valence-electron chi connectivity index (χ4n) is 1.86. The van der Waals surface area contributed by atoms with E-state index in [9.17, 15) is 9.59 Å². The molecule has 1 aromatic heterocycles. The third-order valence-electron chi connectivity index (χ3n) is 2.81. The third kappa shape index (κ3) is 2.62. The predicted molar refractivity (Wildman–Crippen MR) is 78.8 cm³/mol. The van der Waals surface area contributed by atoms with Gasteiger partial charge in [-0.1, -0.05) is 30.3 Å². The summed E-state index contributed by atoms with van der Waals surface area (Å²) in [5, 5.41) is 1.90. The molecule has 1 N–H and O–H groups in total. The fraction of sp³-hybridized carbons (Fsp3) is 0. The number of nitrogens with zero attached hydrogens (tertiary/aromatic N) is 1. The summed E-state index contributed by atoms with van der Waals surface area (Å²) in [6, 6.07) is 13.4. The summed E-state index contributed by atoms with van der Waals surface area (Å²) < 4.78 is 0. The normalized spacial score (nSPS) is 16.5. The number of hydrogen-bond acceptors (Lipinski definition) is 4. The van der Waals surface area contributed by atoms with E-state index in [-0.39, 0.29) is 11.1 Å². The monoisotopic (exact) mass is 282 g/mol. The quantitative estimate of drug-likeness (QED) is 0.860. The second-order valence-electron chi connectivity index (χ2n) is 4.19. The first-order valence-electron chi connectivity index (χ1n) is 5.99. The van der Waals surface area contributed by atoms with Gasteiger partial charge in [0.2, 0.25) is 0 Å². The van der Waals surface area contributed by atoms with Gasteiger partial charge in [-0.15, -0.1) is 0 Å². The van der Waals surface area contributed by atoms with Crippen LogP contribution in [0.25, 0.3) is 17.3 Å². The number of nitrogens with one attached hydrogen (secondary N) is 1. The summed E-state index contributed by atoms with van der Waals surface area (Å²) in [4.78, 5) is 27.2. The van der Waals surface area contributed by atoms with Crippen LogP contribution >= 0.6 is 11.8 Å². The van der Waals surface area contributed by atoms with Gasteiger partial charge in [-0.05, 0) is 35.5 Å². The number of benzene rings is 1. The zero-order valence-corrected chi connectivity index (χ0v) is 11.2. The summed E-state index contributed by atoms with van der Waals surface area (Å²) in [6.45, 7) is 0. The zero-order valence-electron chi connectivity index (χ0n) is 10.4. The van der Waals surface area contributed by atoms with Gasteiger partial charge in [-0.2, -0.15) is 0 Å². The number of hydrogen-bond donors (Lipinski definition) is 1. The van der Waals surface area contributed by atoms with E-state index >= 15 is 0 Å². The number of carbonyl (C=O) groups is 2. The van der Waals surface area contributed by atoms with Crippen LogP contribution in [0.3, 0.4) is 0 Å². The van der Waals surface area contributed by atoms with Gasteiger partial charge in [0.05, 0.1) is 10.6 Å². The van der Waals surface area contributed by atoms with Crippen molar-refractivity contribution >= 4 is 29.0 Å². The van der Waals surface area contributed by atoms with Crippen LogP contribution in [0.1, 0.15) is 5.56 Å². The van der Waals surface area contributed by atoms with Gasteiger partial charge in [0.15, 0.2) is 0 Å². The Kier molecular flexibility index (Phi) is 3.35. The molecule has 1 aliphatic heterocycles. The van der Waals surface area contributed by atoms with Gasteiger partial charge in [-0.3, -0.25) is 19.9 Å². The van der Waals surface area contributed by atoms with E-state index in [1.165, 1.54) is 0 Å². The van der Waals surface area contributed by atoms with Crippen molar-refractivity contribution in [2.45, 2.75) is 0 Å². The van der Waals surface area contributed by atoms with Crippen molar-refractivity contribution in [3.8, 4) is 11.3 Å². The fourth-order valence-corrected chi connectivity index (χ4v) is 2.54. The molecule has 0 bridgehead atoms. The van der Waals surface area contributed by atoms with Crippen molar-refractivity contribution < 1.29 is 9.59 Å². The van der Waals surface area contributed by atoms with Gasteiger partial charge < -0.3 is 0 Å². The number of thioether (sulfide) groups is 1. The summed E-state index contributed by atoms with van der Waals surface area (Å²) in [6.07, 6.45) is 3.45. The van der Waals surface area contributed by atoms with E-state index in [1.54, 1.807) is 12.3 Å². The highest BCUT2D eigenvalue weighted by molar-refractivity contribution is 8.18. The second kappa shape index (κ2) is 5.30. The molecule has 1 fully saturated rings. The van der Waals surface area contributed by atoms with Crippen molar-refractivity contribution in [1.82, 2.24) is 10.3 Å². The minimum Gasteiger partial charge on any atom is -0.282 e. The van der Waals surface area contributed by atoms with Crippen LogP contribution in [-0.4, -0.2) is 16.1 Å². The lowest BCUT2D eigenvalue weighted by molar-refractivity contribution is -0.115. The number of rotatable bonds is 2. The average molecular weight is 282 g/mol. The van der Waals surface area contributed by atoms with Gasteiger partial charge in [-0.25, -0.2) is 0 Å². The molecule has 3 rings (SSSR count). The molecule has 2 amide bonds. The molecule has 0 spiro atoms. The Hall–Kier alpha value is -2.40. The number of amides is 2. The third-order valence-corrected chi connectivity index (χ3v) is 3.62. The molecule has 2 aromatic rings. The lowest BCUT2D eigenvalue weighted by Gasteiger charge is -2.01. The van der Waals surface area contributed by atoms with Crippen LogP contribution in [0, 0.1) is 0 Å². The molecule has 0 radical (unpaired) electrons. The van der Waals surface area contributed by atoms with Gasteiger partial charge >= 0.3 is 0 Å². The number of imide groups is 1. The molecule has 0 unspecified atom stereocenters. The zero-order chi connectivity index (χ0) is 13.9.